The number of unbranched alkanes of at least 4 members (excludes halogenated alkanes) is 1. The molecule has 2 aliphatic rings. The molecule has 2 aliphatic heterocycles. The predicted molar refractivity (Wildman–Crippen MR) is 113 cm³/mol. The van der Waals surface area contributed by atoms with E-state index in [1.54, 1.807) is 6.08 Å². The topological polar surface area (TPSA) is 87.7 Å². The summed E-state index contributed by atoms with van der Waals surface area (Å²) >= 11 is 1.14. The molecule has 2 rings (SSSR count). The average Bonchev–Trinajstić information content (AvgIpc) is 3.07. The summed E-state index contributed by atoms with van der Waals surface area (Å²) in [6.45, 7) is 9.36. The Morgan fingerprint density at radius 2 is 2.18 bits per heavy atom. The molecule has 7 heteroatoms. The Labute approximate surface area is 171 Å². The molecule has 1 unspecified atom stereocenters. The Morgan fingerprint density at radius 1 is 1.43 bits per heavy atom. The van der Waals surface area contributed by atoms with Gasteiger partial charge in [-0.25, -0.2) is 0 Å². The average molecular weight is 409 g/mol. The van der Waals surface area contributed by atoms with Crippen molar-refractivity contribution in [3.63, 3.8) is 0 Å². The van der Waals surface area contributed by atoms with Crippen LogP contribution in [0.1, 0.15) is 51.9 Å². The molecule has 0 radical (unpaired) electrons. The van der Waals surface area contributed by atoms with Crippen molar-refractivity contribution < 1.29 is 19.4 Å². The van der Waals surface area contributed by atoms with E-state index in [-0.39, 0.29) is 29.7 Å². The Bertz CT molecular complexity index is 622. The number of carbonyl (C=O) groups excluding carboxylic acids is 2. The first kappa shape index (κ1) is 22.7. The number of aliphatic hydroxyl groups is 1. The number of hydrogen-bond acceptors (Lipinski definition) is 5. The second-order valence-electron chi connectivity index (χ2n) is 7.56. The molecule has 2 amide bonds. The lowest BCUT2D eigenvalue weighted by Crippen LogP contribution is -2.60. The van der Waals surface area contributed by atoms with Crippen LogP contribution in [0.3, 0.4) is 0 Å². The Balaban J connectivity index is 2.04. The van der Waals surface area contributed by atoms with Gasteiger partial charge in [0.25, 0.3) is 5.24 Å². The second-order valence-corrected chi connectivity index (χ2v) is 8.56. The monoisotopic (exact) mass is 408 g/mol. The molecule has 0 aliphatic carbocycles. The molecular formula is C21H32N2O4S. The van der Waals surface area contributed by atoms with Gasteiger partial charge in [0.1, 0.15) is 0 Å². The number of carbonyl (C=O) groups is 2. The zero-order chi connectivity index (χ0) is 20.6. The van der Waals surface area contributed by atoms with Gasteiger partial charge in [-0.1, -0.05) is 29.5 Å². The van der Waals surface area contributed by atoms with Crippen LogP contribution >= 0.6 is 11.8 Å². The van der Waals surface area contributed by atoms with E-state index in [2.05, 4.69) is 23.8 Å². The van der Waals surface area contributed by atoms with Crippen molar-refractivity contribution >= 4 is 22.9 Å². The van der Waals surface area contributed by atoms with E-state index in [0.29, 0.717) is 12.2 Å². The molecule has 0 spiro atoms. The maximum absolute atomic E-state index is 12.4. The number of hydrogen-bond donors (Lipinski definition) is 3. The number of rotatable bonds is 10. The van der Waals surface area contributed by atoms with Crippen LogP contribution in [0.25, 0.3) is 0 Å². The summed E-state index contributed by atoms with van der Waals surface area (Å²) in [5.74, 6) is -1.18. The lowest BCUT2D eigenvalue weighted by atomic mass is 9.90. The SMILES string of the molecule is C=CCCC[C@@H]1CC(NC(=O)C=C(C)CCC=C)C[C@](O)([C@@H]2CSC(=O)N2)O1. The van der Waals surface area contributed by atoms with Gasteiger partial charge in [0.15, 0.2) is 5.79 Å². The highest BCUT2D eigenvalue weighted by atomic mass is 32.2. The molecule has 0 aromatic heterocycles. The minimum Gasteiger partial charge on any atom is -0.364 e. The highest BCUT2D eigenvalue weighted by molar-refractivity contribution is 8.14. The molecule has 156 valence electrons. The molecule has 2 saturated heterocycles. The summed E-state index contributed by atoms with van der Waals surface area (Å²) in [6, 6.07) is -0.692. The first-order chi connectivity index (χ1) is 13.4. The zero-order valence-corrected chi connectivity index (χ0v) is 17.4. The van der Waals surface area contributed by atoms with E-state index >= 15 is 0 Å². The minimum absolute atomic E-state index is 0.155. The van der Waals surface area contributed by atoms with Crippen LogP contribution in [0, 0.1) is 0 Å². The van der Waals surface area contributed by atoms with E-state index in [0.717, 1.165) is 49.4 Å². The number of amides is 2. The Hall–Kier alpha value is -1.57. The molecule has 0 aromatic carbocycles. The summed E-state index contributed by atoms with van der Waals surface area (Å²) in [6.07, 6.45) is 10.2. The highest BCUT2D eigenvalue weighted by Gasteiger charge is 2.48. The third-order valence-electron chi connectivity index (χ3n) is 5.08. The van der Waals surface area contributed by atoms with Crippen molar-refractivity contribution in [2.24, 2.45) is 0 Å². The molecule has 0 aromatic rings. The molecule has 28 heavy (non-hydrogen) atoms. The van der Waals surface area contributed by atoms with Gasteiger partial charge >= 0.3 is 0 Å². The van der Waals surface area contributed by atoms with Gasteiger partial charge in [0.2, 0.25) is 5.91 Å². The first-order valence-corrected chi connectivity index (χ1v) is 10.9. The van der Waals surface area contributed by atoms with E-state index < -0.39 is 11.8 Å². The number of thioether (sulfide) groups is 1. The fourth-order valence-electron chi connectivity index (χ4n) is 3.64. The van der Waals surface area contributed by atoms with Crippen LogP contribution in [0.4, 0.5) is 4.79 Å². The summed E-state index contributed by atoms with van der Waals surface area (Å²) in [7, 11) is 0. The van der Waals surface area contributed by atoms with Crippen molar-refractivity contribution in [3.05, 3.63) is 37.0 Å². The van der Waals surface area contributed by atoms with Crippen LogP contribution in [-0.2, 0) is 9.53 Å². The van der Waals surface area contributed by atoms with Crippen molar-refractivity contribution in [1.82, 2.24) is 10.6 Å². The van der Waals surface area contributed by atoms with Crippen molar-refractivity contribution in [2.75, 3.05) is 5.75 Å². The highest BCUT2D eigenvalue weighted by Crippen LogP contribution is 2.35. The minimum atomic E-state index is -1.48. The predicted octanol–water partition coefficient (Wildman–Crippen LogP) is 3.43. The number of nitrogens with one attached hydrogen (secondary N) is 2. The maximum atomic E-state index is 12.4. The Morgan fingerprint density at radius 3 is 2.82 bits per heavy atom. The Kier molecular flexibility index (Phi) is 8.79. The van der Waals surface area contributed by atoms with E-state index in [1.165, 1.54) is 0 Å². The lowest BCUT2D eigenvalue weighted by Gasteiger charge is -2.44. The lowest BCUT2D eigenvalue weighted by molar-refractivity contribution is -0.269. The third-order valence-corrected chi connectivity index (χ3v) is 5.96. The number of allylic oxidation sites excluding steroid dienone is 3. The van der Waals surface area contributed by atoms with E-state index in [9.17, 15) is 14.7 Å². The van der Waals surface area contributed by atoms with Crippen LogP contribution in [0.2, 0.25) is 0 Å². The standard InChI is InChI=1S/C21H32N2O4S/c1-4-6-8-10-17-12-16(22-19(24)11-15(3)9-7-5-2)13-21(26,27-17)18-14-28-20(25)23-18/h4-5,11,16-18,26H,1-2,6-10,12-14H2,3H3,(H,22,24)(H,23,25)/t16?,17-,18+,21-/m1/s1. The van der Waals surface area contributed by atoms with Crippen LogP contribution in [0.15, 0.2) is 37.0 Å². The molecule has 0 saturated carbocycles. The van der Waals surface area contributed by atoms with Crippen LogP contribution < -0.4 is 10.6 Å². The summed E-state index contributed by atoms with van der Waals surface area (Å²) in [5.41, 5.74) is 0.988. The van der Waals surface area contributed by atoms with E-state index in [1.807, 2.05) is 19.1 Å². The van der Waals surface area contributed by atoms with Crippen molar-refractivity contribution in [1.29, 1.82) is 0 Å². The van der Waals surface area contributed by atoms with Gasteiger partial charge in [0.05, 0.1) is 12.1 Å². The van der Waals surface area contributed by atoms with Gasteiger partial charge in [-0.2, -0.15) is 0 Å². The fraction of sp³-hybridized carbons (Fsp3) is 0.619. The van der Waals surface area contributed by atoms with Crippen molar-refractivity contribution in [3.8, 4) is 0 Å². The summed E-state index contributed by atoms with van der Waals surface area (Å²) in [4.78, 5) is 24.0. The van der Waals surface area contributed by atoms with Gasteiger partial charge in [0, 0.05) is 24.3 Å². The number of ether oxygens (including phenoxy) is 1. The fourth-order valence-corrected chi connectivity index (χ4v) is 4.52. The van der Waals surface area contributed by atoms with Crippen LogP contribution in [0.5, 0.6) is 0 Å². The molecule has 2 fully saturated rings. The quantitative estimate of drug-likeness (QED) is 0.293. The zero-order valence-electron chi connectivity index (χ0n) is 16.6. The molecule has 3 N–H and O–H groups in total. The van der Waals surface area contributed by atoms with E-state index in [4.69, 9.17) is 4.74 Å². The van der Waals surface area contributed by atoms with Gasteiger partial charge < -0.3 is 20.5 Å². The molecular weight excluding hydrogens is 376 g/mol. The summed E-state index contributed by atoms with van der Waals surface area (Å²) < 4.78 is 6.01. The van der Waals surface area contributed by atoms with Gasteiger partial charge in [-0.15, -0.1) is 13.2 Å². The van der Waals surface area contributed by atoms with Gasteiger partial charge in [-0.05, 0) is 45.4 Å². The van der Waals surface area contributed by atoms with Crippen LogP contribution in [-0.4, -0.2) is 46.0 Å². The molecule has 0 bridgehead atoms. The molecule has 6 nitrogen and oxygen atoms in total. The van der Waals surface area contributed by atoms with Crippen molar-refractivity contribution in [2.45, 2.75) is 75.8 Å². The molecule has 2 heterocycles. The summed E-state index contributed by atoms with van der Waals surface area (Å²) in [5, 5.41) is 16.8. The second kappa shape index (κ2) is 10.8. The smallest absolute Gasteiger partial charge is 0.279 e. The normalized spacial score (nSPS) is 30.6. The third kappa shape index (κ3) is 6.79. The molecule has 4 atom stereocenters. The first-order valence-electron chi connectivity index (χ1n) is 9.89. The largest absolute Gasteiger partial charge is 0.364 e. The van der Waals surface area contributed by atoms with Gasteiger partial charge in [-0.3, -0.25) is 9.59 Å². The maximum Gasteiger partial charge on any atom is 0.279 e.